The number of nitrogens with one attached hydrogen (secondary N) is 1. The summed E-state index contributed by atoms with van der Waals surface area (Å²) in [5.41, 5.74) is 0.659. The first-order valence-corrected chi connectivity index (χ1v) is 8.08. The van der Waals surface area contributed by atoms with E-state index in [-0.39, 0.29) is 24.2 Å². The van der Waals surface area contributed by atoms with Crippen LogP contribution in [-0.2, 0) is 14.3 Å². The van der Waals surface area contributed by atoms with Crippen LogP contribution in [-0.4, -0.2) is 66.1 Å². The topological polar surface area (TPSA) is 76.6 Å². The van der Waals surface area contributed by atoms with Gasteiger partial charge in [-0.05, 0) is 31.9 Å². The van der Waals surface area contributed by atoms with E-state index in [0.717, 1.165) is 37.3 Å². The number of rotatable bonds is 4. The van der Waals surface area contributed by atoms with Gasteiger partial charge < -0.3 is 19.7 Å². The van der Waals surface area contributed by atoms with E-state index in [2.05, 4.69) is 15.5 Å². The van der Waals surface area contributed by atoms with Crippen LogP contribution < -0.4 is 5.32 Å². The molecule has 2 saturated heterocycles. The number of carbonyl (C=O) groups excluding carboxylic acids is 1. The standard InChI is InChI=1S/C16H24N4O3/c1-12-4-5-14(19-18-12)17-13-8-16(23-9-13)6-3-7-20(11-16)15(21)10-22-2/h4-5,13H,3,6-11H2,1-2H3,(H,17,19)/t13-,16+/m1/s1. The van der Waals surface area contributed by atoms with Crippen molar-refractivity contribution in [2.45, 2.75) is 37.8 Å². The number of hydrogen-bond donors (Lipinski definition) is 1. The summed E-state index contributed by atoms with van der Waals surface area (Å²) in [4.78, 5) is 13.9. The van der Waals surface area contributed by atoms with Crippen LogP contribution in [0.3, 0.4) is 0 Å². The molecule has 126 valence electrons. The second kappa shape index (κ2) is 6.80. The van der Waals surface area contributed by atoms with Crippen molar-refractivity contribution < 1.29 is 14.3 Å². The molecule has 3 rings (SSSR count). The van der Waals surface area contributed by atoms with E-state index in [9.17, 15) is 4.79 Å². The average molecular weight is 320 g/mol. The highest BCUT2D eigenvalue weighted by Crippen LogP contribution is 2.35. The van der Waals surface area contributed by atoms with Gasteiger partial charge in [0, 0.05) is 26.6 Å². The molecule has 7 nitrogen and oxygen atoms in total. The summed E-state index contributed by atoms with van der Waals surface area (Å²) in [6.45, 7) is 4.11. The van der Waals surface area contributed by atoms with Gasteiger partial charge >= 0.3 is 0 Å². The normalized spacial score (nSPS) is 27.4. The van der Waals surface area contributed by atoms with Crippen molar-refractivity contribution in [2.75, 3.05) is 38.7 Å². The van der Waals surface area contributed by atoms with Crippen LogP contribution in [0, 0.1) is 6.92 Å². The maximum Gasteiger partial charge on any atom is 0.248 e. The van der Waals surface area contributed by atoms with Gasteiger partial charge in [0.25, 0.3) is 0 Å². The predicted octanol–water partition coefficient (Wildman–Crippen LogP) is 0.993. The Morgan fingerprint density at radius 3 is 3.13 bits per heavy atom. The number of likely N-dealkylation sites (tertiary alicyclic amines) is 1. The number of nitrogens with zero attached hydrogens (tertiary/aromatic N) is 3. The van der Waals surface area contributed by atoms with E-state index in [1.807, 2.05) is 24.0 Å². The van der Waals surface area contributed by atoms with Crippen LogP contribution in [0.25, 0.3) is 0 Å². The van der Waals surface area contributed by atoms with Gasteiger partial charge in [-0.15, -0.1) is 5.10 Å². The van der Waals surface area contributed by atoms with Gasteiger partial charge in [-0.1, -0.05) is 0 Å². The summed E-state index contributed by atoms with van der Waals surface area (Å²) < 4.78 is 11.1. The molecule has 23 heavy (non-hydrogen) atoms. The van der Waals surface area contributed by atoms with E-state index >= 15 is 0 Å². The zero-order chi connectivity index (χ0) is 16.3. The minimum absolute atomic E-state index is 0.0379. The molecule has 7 heteroatoms. The van der Waals surface area contributed by atoms with Crippen molar-refractivity contribution in [3.8, 4) is 0 Å². The Hall–Kier alpha value is -1.73. The third-order valence-electron chi connectivity index (χ3n) is 4.52. The first-order chi connectivity index (χ1) is 11.1. The minimum atomic E-state index is -0.239. The molecule has 2 aliphatic rings. The van der Waals surface area contributed by atoms with Crippen LogP contribution in [0.5, 0.6) is 0 Å². The molecule has 1 N–H and O–H groups in total. The fourth-order valence-electron chi connectivity index (χ4n) is 3.43. The molecule has 1 aromatic rings. The summed E-state index contributed by atoms with van der Waals surface area (Å²) in [7, 11) is 1.55. The van der Waals surface area contributed by atoms with Crippen molar-refractivity contribution in [2.24, 2.45) is 0 Å². The summed E-state index contributed by atoms with van der Waals surface area (Å²) in [5, 5.41) is 11.6. The van der Waals surface area contributed by atoms with Crippen LogP contribution in [0.15, 0.2) is 12.1 Å². The van der Waals surface area contributed by atoms with Crippen molar-refractivity contribution in [1.29, 1.82) is 0 Å². The van der Waals surface area contributed by atoms with Gasteiger partial charge in [0.2, 0.25) is 5.91 Å². The molecule has 0 saturated carbocycles. The summed E-state index contributed by atoms with van der Waals surface area (Å²) in [5.74, 6) is 0.806. The Bertz CT molecular complexity index is 551. The molecule has 3 heterocycles. The summed E-state index contributed by atoms with van der Waals surface area (Å²) in [6, 6.07) is 4.07. The van der Waals surface area contributed by atoms with Gasteiger partial charge in [-0.2, -0.15) is 5.10 Å². The van der Waals surface area contributed by atoms with Gasteiger partial charge in [0.1, 0.15) is 12.4 Å². The van der Waals surface area contributed by atoms with Gasteiger partial charge in [-0.25, -0.2) is 0 Å². The molecular formula is C16H24N4O3. The fraction of sp³-hybridized carbons (Fsp3) is 0.688. The largest absolute Gasteiger partial charge is 0.375 e. The molecular weight excluding hydrogens is 296 g/mol. The average Bonchev–Trinajstić information content (AvgIpc) is 2.92. The van der Waals surface area contributed by atoms with E-state index in [0.29, 0.717) is 13.2 Å². The number of anilines is 1. The first-order valence-electron chi connectivity index (χ1n) is 8.08. The molecule has 0 radical (unpaired) electrons. The van der Waals surface area contributed by atoms with Crippen molar-refractivity contribution >= 4 is 11.7 Å². The maximum atomic E-state index is 12.1. The smallest absolute Gasteiger partial charge is 0.248 e. The van der Waals surface area contributed by atoms with Gasteiger partial charge in [0.05, 0.1) is 23.9 Å². The predicted molar refractivity (Wildman–Crippen MR) is 85.2 cm³/mol. The van der Waals surface area contributed by atoms with Gasteiger partial charge in [-0.3, -0.25) is 4.79 Å². The third-order valence-corrected chi connectivity index (χ3v) is 4.52. The number of piperidine rings is 1. The first kappa shape index (κ1) is 16.1. The number of carbonyl (C=O) groups is 1. The molecule has 1 aromatic heterocycles. The molecule has 1 spiro atoms. The quantitative estimate of drug-likeness (QED) is 0.892. The van der Waals surface area contributed by atoms with Crippen LogP contribution in [0.1, 0.15) is 25.0 Å². The van der Waals surface area contributed by atoms with Crippen molar-refractivity contribution in [3.05, 3.63) is 17.8 Å². The highest BCUT2D eigenvalue weighted by Gasteiger charge is 2.44. The Morgan fingerprint density at radius 1 is 1.52 bits per heavy atom. The fourth-order valence-corrected chi connectivity index (χ4v) is 3.43. The zero-order valence-electron chi connectivity index (χ0n) is 13.7. The lowest BCUT2D eigenvalue weighted by Crippen LogP contribution is -2.51. The lowest BCUT2D eigenvalue weighted by molar-refractivity contribution is -0.143. The summed E-state index contributed by atoms with van der Waals surface area (Å²) >= 11 is 0. The van der Waals surface area contributed by atoms with Crippen LogP contribution >= 0.6 is 0 Å². The Kier molecular flexibility index (Phi) is 4.77. The maximum absolute atomic E-state index is 12.1. The highest BCUT2D eigenvalue weighted by atomic mass is 16.5. The Labute approximate surface area is 136 Å². The molecule has 0 unspecified atom stereocenters. The number of methoxy groups -OCH3 is 1. The molecule has 1 amide bonds. The second-order valence-corrected chi connectivity index (χ2v) is 6.45. The number of aryl methyl sites for hydroxylation is 1. The van der Waals surface area contributed by atoms with E-state index in [4.69, 9.17) is 9.47 Å². The molecule has 0 aromatic carbocycles. The SMILES string of the molecule is COCC(=O)N1CCC[C@]2(C[C@@H](Nc3ccc(C)nn3)CO2)C1. The second-order valence-electron chi connectivity index (χ2n) is 6.45. The van der Waals surface area contributed by atoms with Crippen LogP contribution in [0.2, 0.25) is 0 Å². The molecule has 2 fully saturated rings. The minimum Gasteiger partial charge on any atom is -0.375 e. The number of amides is 1. The van der Waals surface area contributed by atoms with E-state index in [1.165, 1.54) is 0 Å². The highest BCUT2D eigenvalue weighted by molar-refractivity contribution is 5.77. The van der Waals surface area contributed by atoms with E-state index < -0.39 is 0 Å². The number of aromatic nitrogens is 2. The number of hydrogen-bond acceptors (Lipinski definition) is 6. The molecule has 2 atom stereocenters. The Morgan fingerprint density at radius 2 is 2.39 bits per heavy atom. The zero-order valence-corrected chi connectivity index (χ0v) is 13.7. The number of ether oxygens (including phenoxy) is 2. The third kappa shape index (κ3) is 3.79. The molecule has 0 aliphatic carbocycles. The summed E-state index contributed by atoms with van der Waals surface area (Å²) in [6.07, 6.45) is 2.83. The monoisotopic (exact) mass is 320 g/mol. The van der Waals surface area contributed by atoms with Crippen molar-refractivity contribution in [3.63, 3.8) is 0 Å². The lowest BCUT2D eigenvalue weighted by atomic mass is 9.88. The Balaban J connectivity index is 1.59. The molecule has 2 aliphatic heterocycles. The van der Waals surface area contributed by atoms with Gasteiger partial charge in [0.15, 0.2) is 0 Å². The lowest BCUT2D eigenvalue weighted by Gasteiger charge is -2.39. The molecule has 0 bridgehead atoms. The van der Waals surface area contributed by atoms with Crippen molar-refractivity contribution in [1.82, 2.24) is 15.1 Å². The van der Waals surface area contributed by atoms with Crippen LogP contribution in [0.4, 0.5) is 5.82 Å². The van der Waals surface area contributed by atoms with E-state index in [1.54, 1.807) is 7.11 Å².